The molecule has 3 heterocycles. The third kappa shape index (κ3) is 3.42. The van der Waals surface area contributed by atoms with E-state index < -0.39 is 0 Å². The number of pyridine rings is 1. The Hall–Kier alpha value is -4.31. The van der Waals surface area contributed by atoms with E-state index in [0.29, 0.717) is 24.3 Å². The molecule has 156 valence electrons. The first-order valence-corrected chi connectivity index (χ1v) is 10.2. The largest absolute Gasteiger partial charge is 0.382 e. The summed E-state index contributed by atoms with van der Waals surface area (Å²) in [7, 11) is 0. The van der Waals surface area contributed by atoms with Crippen LogP contribution in [0.2, 0.25) is 0 Å². The van der Waals surface area contributed by atoms with Crippen LogP contribution in [-0.2, 0) is 0 Å². The van der Waals surface area contributed by atoms with Crippen molar-refractivity contribution in [3.63, 3.8) is 0 Å². The summed E-state index contributed by atoms with van der Waals surface area (Å²) in [6.45, 7) is 0.561. The van der Waals surface area contributed by atoms with Crippen molar-refractivity contribution in [2.45, 2.75) is 12.5 Å². The average molecular weight is 422 g/mol. The summed E-state index contributed by atoms with van der Waals surface area (Å²) in [5.74, 6) is 0.322. The highest BCUT2D eigenvalue weighted by molar-refractivity contribution is 5.84. The lowest BCUT2D eigenvalue weighted by Gasteiger charge is -2.35. The molecule has 0 radical (unpaired) electrons. The van der Waals surface area contributed by atoms with Crippen LogP contribution in [0.3, 0.4) is 0 Å². The summed E-state index contributed by atoms with van der Waals surface area (Å²) in [6.07, 6.45) is 6.23. The van der Waals surface area contributed by atoms with Gasteiger partial charge in [-0.1, -0.05) is 42.5 Å². The van der Waals surface area contributed by atoms with Crippen LogP contribution in [0.1, 0.15) is 23.6 Å². The first-order valence-electron chi connectivity index (χ1n) is 10.2. The molecule has 1 aliphatic heterocycles. The molecule has 4 aromatic rings. The molecule has 32 heavy (non-hydrogen) atoms. The highest BCUT2D eigenvalue weighted by Gasteiger charge is 2.29. The first-order chi connectivity index (χ1) is 15.7. The minimum atomic E-state index is -0.325. The van der Waals surface area contributed by atoms with Crippen LogP contribution in [0.15, 0.2) is 73.1 Å². The Balaban J connectivity index is 1.74. The van der Waals surface area contributed by atoms with E-state index in [0.717, 1.165) is 22.2 Å². The van der Waals surface area contributed by atoms with E-state index in [1.54, 1.807) is 6.07 Å². The summed E-state index contributed by atoms with van der Waals surface area (Å²) >= 11 is 0. The van der Waals surface area contributed by atoms with Gasteiger partial charge >= 0.3 is 0 Å². The first kappa shape index (κ1) is 19.6. The fourth-order valence-electron chi connectivity index (χ4n) is 4.15. The molecule has 1 atom stereocenters. The lowest BCUT2D eigenvalue weighted by molar-refractivity contribution is 0.625. The van der Waals surface area contributed by atoms with Gasteiger partial charge in [-0.15, -0.1) is 0 Å². The summed E-state index contributed by atoms with van der Waals surface area (Å²) in [5, 5.41) is 10.5. The predicted molar refractivity (Wildman–Crippen MR) is 122 cm³/mol. The number of benzene rings is 2. The maximum atomic E-state index is 13.9. The molecule has 1 aliphatic rings. The Kier molecular flexibility index (Phi) is 4.96. The fraction of sp³-hybridized carbons (Fsp3) is 0.120. The van der Waals surface area contributed by atoms with Crippen LogP contribution in [0.25, 0.3) is 22.2 Å². The number of aromatic nitrogens is 3. The molecule has 0 saturated carbocycles. The number of nitrogens with zero attached hydrogens (tertiary/aromatic N) is 5. The van der Waals surface area contributed by atoms with E-state index >= 15 is 0 Å². The van der Waals surface area contributed by atoms with E-state index in [9.17, 15) is 9.65 Å². The minimum Gasteiger partial charge on any atom is -0.382 e. The van der Waals surface area contributed by atoms with Gasteiger partial charge in [0.1, 0.15) is 29.6 Å². The average Bonchev–Trinajstić information content (AvgIpc) is 2.83. The van der Waals surface area contributed by atoms with Gasteiger partial charge in [0.15, 0.2) is 5.82 Å². The number of hydrogen-bond acceptors (Lipinski definition) is 6. The Bertz CT molecular complexity index is 1380. The Morgan fingerprint density at radius 2 is 1.91 bits per heavy atom. The SMILES string of the molecule is N#Cc1c(N)ncnc1N1CC=CCC1c1cc2ccc(F)cc2nc1-c1ccccc1. The predicted octanol–water partition coefficient (Wildman–Crippen LogP) is 4.79. The van der Waals surface area contributed by atoms with E-state index in [2.05, 4.69) is 33.1 Å². The van der Waals surface area contributed by atoms with Crippen LogP contribution < -0.4 is 10.6 Å². The molecule has 0 bridgehead atoms. The molecule has 1 unspecified atom stereocenters. The Morgan fingerprint density at radius 3 is 2.72 bits per heavy atom. The number of anilines is 2. The van der Waals surface area contributed by atoms with Crippen molar-refractivity contribution in [3.8, 4) is 17.3 Å². The number of halogens is 1. The number of nitriles is 1. The summed E-state index contributed by atoms with van der Waals surface area (Å²) in [4.78, 5) is 15.3. The molecule has 7 heteroatoms. The van der Waals surface area contributed by atoms with Crippen LogP contribution in [0, 0.1) is 17.1 Å². The molecule has 0 saturated heterocycles. The fourth-order valence-corrected chi connectivity index (χ4v) is 4.15. The highest BCUT2D eigenvalue weighted by atomic mass is 19.1. The standard InChI is InChI=1S/C25H19FN6/c26-18-10-9-17-12-19(23(31-21(17)13-18)16-6-2-1-3-7-16)22-8-4-5-11-32(22)25-20(14-27)24(28)29-15-30-25/h1-7,9-10,12-13,15,22H,8,11H2,(H2,28,29,30). The second-order valence-electron chi connectivity index (χ2n) is 7.57. The van der Waals surface area contributed by atoms with Crippen molar-refractivity contribution in [1.82, 2.24) is 15.0 Å². The molecule has 2 N–H and O–H groups in total. The lowest BCUT2D eigenvalue weighted by atomic mass is 9.93. The topological polar surface area (TPSA) is 91.7 Å². The molecular weight excluding hydrogens is 403 g/mol. The molecule has 0 fully saturated rings. The zero-order valence-corrected chi connectivity index (χ0v) is 17.1. The lowest BCUT2D eigenvalue weighted by Crippen LogP contribution is -2.33. The van der Waals surface area contributed by atoms with Crippen LogP contribution in [0.5, 0.6) is 0 Å². The molecule has 2 aromatic heterocycles. The molecule has 6 nitrogen and oxygen atoms in total. The van der Waals surface area contributed by atoms with Gasteiger partial charge in [-0.05, 0) is 24.6 Å². The van der Waals surface area contributed by atoms with Gasteiger partial charge in [0.25, 0.3) is 0 Å². The van der Waals surface area contributed by atoms with E-state index in [1.165, 1.54) is 18.5 Å². The van der Waals surface area contributed by atoms with E-state index in [1.807, 2.05) is 36.4 Å². The van der Waals surface area contributed by atoms with Gasteiger partial charge in [0.05, 0.1) is 17.3 Å². The zero-order valence-electron chi connectivity index (χ0n) is 17.1. The van der Waals surface area contributed by atoms with Crippen LogP contribution >= 0.6 is 0 Å². The molecule has 0 amide bonds. The molecule has 2 aromatic carbocycles. The molecule has 0 aliphatic carbocycles. The molecule has 5 rings (SSSR count). The monoisotopic (exact) mass is 422 g/mol. The number of rotatable bonds is 3. The van der Waals surface area contributed by atoms with Gasteiger partial charge < -0.3 is 10.6 Å². The normalized spacial score (nSPS) is 15.6. The minimum absolute atomic E-state index is 0.140. The van der Waals surface area contributed by atoms with Gasteiger partial charge in [-0.3, -0.25) is 0 Å². The highest BCUT2D eigenvalue weighted by Crippen LogP contribution is 2.39. The van der Waals surface area contributed by atoms with Crippen LogP contribution in [-0.4, -0.2) is 21.5 Å². The Morgan fingerprint density at radius 1 is 1.06 bits per heavy atom. The van der Waals surface area contributed by atoms with Gasteiger partial charge in [-0.25, -0.2) is 19.3 Å². The van der Waals surface area contributed by atoms with Crippen molar-refractivity contribution >= 4 is 22.5 Å². The number of nitrogens with two attached hydrogens (primary N) is 1. The van der Waals surface area contributed by atoms with Crippen molar-refractivity contribution in [2.75, 3.05) is 17.2 Å². The summed E-state index contributed by atoms with van der Waals surface area (Å²) < 4.78 is 13.9. The van der Waals surface area contributed by atoms with Crippen LogP contribution in [0.4, 0.5) is 16.0 Å². The number of fused-ring (bicyclic) bond motifs is 1. The third-order valence-electron chi connectivity index (χ3n) is 5.66. The molecular formula is C25H19FN6. The Labute approximate surface area is 184 Å². The second kappa shape index (κ2) is 8.08. The smallest absolute Gasteiger partial charge is 0.152 e. The summed E-state index contributed by atoms with van der Waals surface area (Å²) in [6, 6.07) is 18.5. The zero-order chi connectivity index (χ0) is 22.1. The maximum Gasteiger partial charge on any atom is 0.152 e. The van der Waals surface area contributed by atoms with Gasteiger partial charge in [0, 0.05) is 29.1 Å². The van der Waals surface area contributed by atoms with Crippen molar-refractivity contribution in [2.24, 2.45) is 0 Å². The summed E-state index contributed by atoms with van der Waals surface area (Å²) in [5.41, 5.74) is 9.49. The van der Waals surface area contributed by atoms with E-state index in [4.69, 9.17) is 10.7 Å². The van der Waals surface area contributed by atoms with Crippen molar-refractivity contribution in [1.29, 1.82) is 5.26 Å². The maximum absolute atomic E-state index is 13.9. The second-order valence-corrected chi connectivity index (χ2v) is 7.57. The quantitative estimate of drug-likeness (QED) is 0.477. The van der Waals surface area contributed by atoms with Gasteiger partial charge in [-0.2, -0.15) is 5.26 Å². The van der Waals surface area contributed by atoms with Crippen molar-refractivity contribution < 1.29 is 4.39 Å². The van der Waals surface area contributed by atoms with E-state index in [-0.39, 0.29) is 23.2 Å². The van der Waals surface area contributed by atoms with Gasteiger partial charge in [0.2, 0.25) is 0 Å². The van der Waals surface area contributed by atoms with Crippen molar-refractivity contribution in [3.05, 3.63) is 90.0 Å². The number of nitrogen functional groups attached to an aromatic ring is 1. The third-order valence-corrected chi connectivity index (χ3v) is 5.66. The molecule has 0 spiro atoms. The number of hydrogen-bond donors (Lipinski definition) is 1.